The minimum atomic E-state index is 0.100. The molecule has 6 heteroatoms. The number of pyridine rings is 2. The molecule has 0 spiro atoms. The van der Waals surface area contributed by atoms with Crippen molar-refractivity contribution in [1.82, 2.24) is 19.8 Å². The number of carbonyl (C=O) groups excluding carboxylic acids is 1. The summed E-state index contributed by atoms with van der Waals surface area (Å²) in [5.74, 6) is 2.03. The maximum atomic E-state index is 12.5. The zero-order chi connectivity index (χ0) is 19.9. The van der Waals surface area contributed by atoms with E-state index in [1.165, 1.54) is 5.56 Å². The highest BCUT2D eigenvalue weighted by molar-refractivity contribution is 5.87. The Morgan fingerprint density at radius 2 is 2.18 bits per heavy atom. The number of nitrogens with zero attached hydrogens (tertiary/aromatic N) is 4. The van der Waals surface area contributed by atoms with Gasteiger partial charge in [0.25, 0.3) is 0 Å². The number of carbonyl (C=O) groups is 1. The molecule has 28 heavy (non-hydrogen) atoms. The van der Waals surface area contributed by atoms with Gasteiger partial charge in [-0.2, -0.15) is 0 Å². The Labute approximate surface area is 167 Å². The highest BCUT2D eigenvalue weighted by Crippen LogP contribution is 2.28. The number of hydrogen-bond acceptors (Lipinski definition) is 5. The van der Waals surface area contributed by atoms with Crippen LogP contribution in [0.5, 0.6) is 0 Å². The molecule has 1 atom stereocenters. The third-order valence-electron chi connectivity index (χ3n) is 4.98. The van der Waals surface area contributed by atoms with Crippen LogP contribution < -0.4 is 5.32 Å². The number of aryl methyl sites for hydroxylation is 1. The Bertz CT molecular complexity index is 833. The largest absolute Gasteiger partial charge is 0.339 e. The van der Waals surface area contributed by atoms with Gasteiger partial charge in [-0.25, -0.2) is 9.97 Å². The first-order valence-electron chi connectivity index (χ1n) is 9.77. The number of amides is 1. The molecule has 1 amide bonds. The molecule has 2 aromatic heterocycles. The van der Waals surface area contributed by atoms with E-state index < -0.39 is 0 Å². The average molecular weight is 380 g/mol. The average Bonchev–Trinajstić information content (AvgIpc) is 2.70. The number of anilines is 2. The van der Waals surface area contributed by atoms with Crippen molar-refractivity contribution < 1.29 is 4.79 Å². The molecule has 1 fully saturated rings. The molecule has 0 aromatic carbocycles. The number of piperidine rings is 1. The maximum absolute atomic E-state index is 12.5. The highest BCUT2D eigenvalue weighted by atomic mass is 16.2. The summed E-state index contributed by atoms with van der Waals surface area (Å²) in [6.45, 7) is 4.37. The lowest BCUT2D eigenvalue weighted by Crippen LogP contribution is -2.38. The Balaban J connectivity index is 1.67. The summed E-state index contributed by atoms with van der Waals surface area (Å²) in [5.41, 5.74) is 2.29. The van der Waals surface area contributed by atoms with E-state index >= 15 is 0 Å². The molecule has 0 bridgehead atoms. The number of aromatic nitrogens is 2. The summed E-state index contributed by atoms with van der Waals surface area (Å²) in [6, 6.07) is 8.07. The van der Waals surface area contributed by atoms with Gasteiger partial charge in [0, 0.05) is 44.0 Å². The molecular formula is C22H29N5O. The van der Waals surface area contributed by atoms with Gasteiger partial charge in [-0.15, -0.1) is 0 Å². The van der Waals surface area contributed by atoms with Crippen LogP contribution in [0.4, 0.5) is 11.6 Å². The number of rotatable bonds is 6. The third-order valence-corrected chi connectivity index (χ3v) is 4.98. The van der Waals surface area contributed by atoms with Crippen molar-refractivity contribution in [3.05, 3.63) is 59.9 Å². The van der Waals surface area contributed by atoms with Crippen LogP contribution in [0.15, 0.2) is 48.8 Å². The van der Waals surface area contributed by atoms with Crippen molar-refractivity contribution in [2.24, 2.45) is 0 Å². The molecule has 1 unspecified atom stereocenters. The van der Waals surface area contributed by atoms with Crippen LogP contribution in [0, 0.1) is 6.92 Å². The lowest BCUT2D eigenvalue weighted by molar-refractivity contribution is -0.127. The monoisotopic (exact) mass is 379 g/mol. The summed E-state index contributed by atoms with van der Waals surface area (Å²) < 4.78 is 0. The second-order valence-corrected chi connectivity index (χ2v) is 7.56. The fourth-order valence-electron chi connectivity index (χ4n) is 3.43. The first-order chi connectivity index (χ1) is 13.5. The van der Waals surface area contributed by atoms with Gasteiger partial charge < -0.3 is 15.1 Å². The smallest absolute Gasteiger partial charge is 0.246 e. The molecule has 0 aliphatic carbocycles. The van der Waals surface area contributed by atoms with Gasteiger partial charge in [-0.05, 0) is 63.2 Å². The minimum absolute atomic E-state index is 0.100. The van der Waals surface area contributed by atoms with Gasteiger partial charge in [0.05, 0.1) is 0 Å². The summed E-state index contributed by atoms with van der Waals surface area (Å²) >= 11 is 0. The molecule has 1 saturated heterocycles. The van der Waals surface area contributed by atoms with Gasteiger partial charge >= 0.3 is 0 Å². The molecular weight excluding hydrogens is 350 g/mol. The predicted molar refractivity (Wildman–Crippen MR) is 113 cm³/mol. The van der Waals surface area contributed by atoms with Crippen LogP contribution in [0.25, 0.3) is 0 Å². The number of nitrogens with one attached hydrogen (secondary N) is 1. The Morgan fingerprint density at radius 1 is 1.32 bits per heavy atom. The Hall–Kier alpha value is -2.73. The van der Waals surface area contributed by atoms with E-state index in [-0.39, 0.29) is 5.91 Å². The van der Waals surface area contributed by atoms with Crippen LogP contribution in [0.2, 0.25) is 0 Å². The Kier molecular flexibility index (Phi) is 6.76. The molecule has 1 aliphatic rings. The molecule has 0 radical (unpaired) electrons. The quantitative estimate of drug-likeness (QED) is 0.780. The first-order valence-corrected chi connectivity index (χ1v) is 9.77. The normalized spacial score (nSPS) is 17.3. The van der Waals surface area contributed by atoms with Crippen LogP contribution in [0.1, 0.15) is 29.9 Å². The number of hydrogen-bond donors (Lipinski definition) is 1. The van der Waals surface area contributed by atoms with Gasteiger partial charge in [-0.1, -0.05) is 12.1 Å². The lowest BCUT2D eigenvalue weighted by Gasteiger charge is -2.32. The zero-order valence-electron chi connectivity index (χ0n) is 16.9. The van der Waals surface area contributed by atoms with Gasteiger partial charge in [-0.3, -0.25) is 4.79 Å². The summed E-state index contributed by atoms with van der Waals surface area (Å²) in [6.07, 6.45) is 9.32. The second-order valence-electron chi connectivity index (χ2n) is 7.56. The maximum Gasteiger partial charge on any atom is 0.246 e. The molecule has 2 aromatic rings. The van der Waals surface area contributed by atoms with E-state index in [9.17, 15) is 4.79 Å². The molecule has 148 valence electrons. The van der Waals surface area contributed by atoms with E-state index in [4.69, 9.17) is 0 Å². The molecule has 6 nitrogen and oxygen atoms in total. The standard InChI is InChI=1S/C22H29N5O/c1-17-7-4-11-24-22(17)25-20-15-18(10-12-23-20)19-8-5-14-27(16-19)21(28)9-6-13-26(2)3/h4,6-7,9-12,15,19H,5,8,13-14,16H2,1-3H3,(H,23,24,25)/b9-6+. The van der Waals surface area contributed by atoms with Crippen molar-refractivity contribution >= 4 is 17.5 Å². The van der Waals surface area contributed by atoms with Crippen molar-refractivity contribution in [3.8, 4) is 0 Å². The molecule has 1 N–H and O–H groups in total. The topological polar surface area (TPSA) is 61.4 Å². The number of likely N-dealkylation sites (tertiary alicyclic amines) is 1. The van der Waals surface area contributed by atoms with Gasteiger partial charge in [0.1, 0.15) is 11.6 Å². The van der Waals surface area contributed by atoms with Crippen molar-refractivity contribution in [3.63, 3.8) is 0 Å². The summed E-state index contributed by atoms with van der Waals surface area (Å²) in [5, 5.41) is 3.31. The molecule has 3 rings (SSSR count). The highest BCUT2D eigenvalue weighted by Gasteiger charge is 2.24. The molecule has 0 saturated carbocycles. The van der Waals surface area contributed by atoms with Gasteiger partial charge in [0.15, 0.2) is 0 Å². The second kappa shape index (κ2) is 9.46. The first kappa shape index (κ1) is 20.0. The van der Waals surface area contributed by atoms with Gasteiger partial charge in [0.2, 0.25) is 5.91 Å². The van der Waals surface area contributed by atoms with Crippen LogP contribution in [-0.2, 0) is 4.79 Å². The SMILES string of the molecule is Cc1cccnc1Nc1cc(C2CCCN(C(=O)/C=C/CN(C)C)C2)ccn1. The van der Waals surface area contributed by atoms with E-state index in [2.05, 4.69) is 27.4 Å². The zero-order valence-corrected chi connectivity index (χ0v) is 16.9. The molecule has 1 aliphatic heterocycles. The van der Waals surface area contributed by atoms with Crippen molar-refractivity contribution in [1.29, 1.82) is 0 Å². The van der Waals surface area contributed by atoms with E-state index in [0.29, 0.717) is 5.92 Å². The minimum Gasteiger partial charge on any atom is -0.339 e. The van der Waals surface area contributed by atoms with Crippen LogP contribution in [-0.4, -0.2) is 59.4 Å². The third kappa shape index (κ3) is 5.39. The lowest BCUT2D eigenvalue weighted by atomic mass is 9.91. The van der Waals surface area contributed by atoms with Crippen LogP contribution >= 0.6 is 0 Å². The van der Waals surface area contributed by atoms with Crippen molar-refractivity contribution in [2.75, 3.05) is 39.0 Å². The van der Waals surface area contributed by atoms with Crippen LogP contribution in [0.3, 0.4) is 0 Å². The number of likely N-dealkylation sites (N-methyl/N-ethyl adjacent to an activating group) is 1. The van der Waals surface area contributed by atoms with Crippen molar-refractivity contribution in [2.45, 2.75) is 25.7 Å². The Morgan fingerprint density at radius 3 is 2.96 bits per heavy atom. The fraction of sp³-hybridized carbons (Fsp3) is 0.409. The van der Waals surface area contributed by atoms with E-state index in [0.717, 1.165) is 49.7 Å². The fourth-order valence-corrected chi connectivity index (χ4v) is 3.43. The summed E-state index contributed by atoms with van der Waals surface area (Å²) in [4.78, 5) is 25.3. The van der Waals surface area contributed by atoms with E-state index in [1.807, 2.05) is 55.2 Å². The van der Waals surface area contributed by atoms with E-state index in [1.54, 1.807) is 12.3 Å². The summed E-state index contributed by atoms with van der Waals surface area (Å²) in [7, 11) is 3.99. The predicted octanol–water partition coefficient (Wildman–Crippen LogP) is 3.35. The molecule has 3 heterocycles.